The molecule has 2 N–H and O–H groups in total. The summed E-state index contributed by atoms with van der Waals surface area (Å²) < 4.78 is 19.3. The second-order valence-corrected chi connectivity index (χ2v) is 7.47. The van der Waals surface area contributed by atoms with Gasteiger partial charge in [0.05, 0.1) is 19.3 Å². The average molecular weight is 423 g/mol. The lowest BCUT2D eigenvalue weighted by Crippen LogP contribution is -2.41. The molecule has 2 aromatic heterocycles. The van der Waals surface area contributed by atoms with Gasteiger partial charge in [-0.25, -0.2) is 14.4 Å². The molecule has 1 saturated heterocycles. The fourth-order valence-electron chi connectivity index (χ4n) is 3.73. The van der Waals surface area contributed by atoms with Crippen molar-refractivity contribution in [1.29, 1.82) is 0 Å². The van der Waals surface area contributed by atoms with Crippen molar-refractivity contribution in [1.82, 2.24) is 19.9 Å². The van der Waals surface area contributed by atoms with E-state index < -0.39 is 0 Å². The third kappa shape index (κ3) is 5.34. The van der Waals surface area contributed by atoms with Crippen molar-refractivity contribution in [2.24, 2.45) is 0 Å². The summed E-state index contributed by atoms with van der Waals surface area (Å²) in [4.78, 5) is 25.8. The fourth-order valence-corrected chi connectivity index (χ4v) is 3.73. The number of anilines is 1. The van der Waals surface area contributed by atoms with Crippen LogP contribution in [-0.2, 0) is 11.2 Å². The maximum Gasteiger partial charge on any atom is 0.251 e. The van der Waals surface area contributed by atoms with E-state index in [9.17, 15) is 9.18 Å². The maximum atomic E-state index is 13.8. The highest BCUT2D eigenvalue weighted by Gasteiger charge is 2.23. The summed E-state index contributed by atoms with van der Waals surface area (Å²) in [6.07, 6.45) is 2.37. The number of aromatic amines is 1. The fraction of sp³-hybridized carbons (Fsp3) is 0.348. The van der Waals surface area contributed by atoms with Crippen LogP contribution < -0.4 is 10.9 Å². The number of ether oxygens (including phenoxy) is 1. The Morgan fingerprint density at radius 3 is 2.77 bits per heavy atom. The van der Waals surface area contributed by atoms with E-state index in [1.807, 2.05) is 25.1 Å². The van der Waals surface area contributed by atoms with Crippen LogP contribution in [0.2, 0.25) is 0 Å². The molecule has 0 saturated carbocycles. The molecule has 7 nitrogen and oxygen atoms in total. The molecule has 1 aliphatic rings. The van der Waals surface area contributed by atoms with Gasteiger partial charge >= 0.3 is 0 Å². The number of pyridine rings is 1. The Bertz CT molecular complexity index is 1060. The van der Waals surface area contributed by atoms with Gasteiger partial charge in [0.1, 0.15) is 17.5 Å². The van der Waals surface area contributed by atoms with Crippen LogP contribution >= 0.6 is 0 Å². The van der Waals surface area contributed by atoms with Crippen LogP contribution in [0, 0.1) is 5.82 Å². The molecule has 1 atom stereocenters. The molecule has 0 bridgehead atoms. The Labute approximate surface area is 180 Å². The molecule has 162 valence electrons. The van der Waals surface area contributed by atoms with Crippen molar-refractivity contribution in [2.45, 2.75) is 19.4 Å². The maximum absolute atomic E-state index is 13.8. The normalized spacial score (nSPS) is 15.5. The van der Waals surface area contributed by atoms with Crippen LogP contribution in [-0.4, -0.2) is 52.7 Å². The van der Waals surface area contributed by atoms with Gasteiger partial charge < -0.3 is 15.0 Å². The summed E-state index contributed by atoms with van der Waals surface area (Å²) in [5, 5.41) is 3.36. The van der Waals surface area contributed by atoms with Gasteiger partial charge in [-0.05, 0) is 36.2 Å². The first kappa shape index (κ1) is 21.1. The van der Waals surface area contributed by atoms with Gasteiger partial charge in [0.15, 0.2) is 0 Å². The van der Waals surface area contributed by atoms with Crippen LogP contribution in [0.4, 0.5) is 10.2 Å². The smallest absolute Gasteiger partial charge is 0.251 e. The summed E-state index contributed by atoms with van der Waals surface area (Å²) >= 11 is 0. The molecular formula is C23H26FN5O2. The third-order valence-electron chi connectivity index (χ3n) is 5.39. The molecular weight excluding hydrogens is 397 g/mol. The number of hydrogen-bond donors (Lipinski definition) is 2. The summed E-state index contributed by atoms with van der Waals surface area (Å²) in [6.45, 7) is 5.46. The number of hydrogen-bond acceptors (Lipinski definition) is 6. The van der Waals surface area contributed by atoms with Crippen molar-refractivity contribution in [3.63, 3.8) is 0 Å². The van der Waals surface area contributed by atoms with E-state index in [0.717, 1.165) is 29.9 Å². The van der Waals surface area contributed by atoms with Crippen molar-refractivity contribution < 1.29 is 9.13 Å². The molecule has 1 aromatic carbocycles. The number of aromatic nitrogens is 3. The first-order chi connectivity index (χ1) is 15.1. The van der Waals surface area contributed by atoms with Gasteiger partial charge in [0.25, 0.3) is 5.56 Å². The predicted molar refractivity (Wildman–Crippen MR) is 117 cm³/mol. The molecule has 1 fully saturated rings. The van der Waals surface area contributed by atoms with E-state index >= 15 is 0 Å². The van der Waals surface area contributed by atoms with Crippen molar-refractivity contribution in [3.05, 3.63) is 76.1 Å². The number of morpholine rings is 1. The second-order valence-electron chi connectivity index (χ2n) is 7.47. The first-order valence-electron chi connectivity index (χ1n) is 10.5. The molecule has 3 heterocycles. The van der Waals surface area contributed by atoms with Gasteiger partial charge in [-0.3, -0.25) is 9.69 Å². The quantitative estimate of drug-likeness (QED) is 0.608. The largest absolute Gasteiger partial charge is 0.379 e. The van der Waals surface area contributed by atoms with Gasteiger partial charge in [0.2, 0.25) is 0 Å². The molecule has 0 radical (unpaired) electrons. The zero-order valence-electron chi connectivity index (χ0n) is 17.5. The van der Waals surface area contributed by atoms with Crippen LogP contribution in [0.15, 0.2) is 53.5 Å². The predicted octanol–water partition coefficient (Wildman–Crippen LogP) is 3.02. The lowest BCUT2D eigenvalue weighted by atomic mass is 10.0. The van der Waals surface area contributed by atoms with Crippen LogP contribution in [0.25, 0.3) is 11.4 Å². The molecule has 1 unspecified atom stereocenters. The number of benzene rings is 1. The first-order valence-corrected chi connectivity index (χ1v) is 10.5. The minimum atomic E-state index is -0.242. The SMILES string of the molecule is CCc1cc(=O)[nH]c(-c2ccc(NCC(c3cccc(F)c3)N3CCOCC3)nc2)n1. The zero-order valence-corrected chi connectivity index (χ0v) is 17.5. The molecule has 0 spiro atoms. The highest BCUT2D eigenvalue weighted by atomic mass is 19.1. The van der Waals surface area contributed by atoms with Crippen LogP contribution in [0.5, 0.6) is 0 Å². The summed E-state index contributed by atoms with van der Waals surface area (Å²) in [7, 11) is 0. The second kappa shape index (κ2) is 9.80. The van der Waals surface area contributed by atoms with Crippen molar-refractivity contribution in [2.75, 3.05) is 38.2 Å². The Balaban J connectivity index is 1.49. The Hall–Kier alpha value is -3.10. The monoisotopic (exact) mass is 423 g/mol. The van der Waals surface area contributed by atoms with Crippen molar-refractivity contribution >= 4 is 5.82 Å². The number of halogens is 1. The number of aryl methyl sites for hydroxylation is 1. The molecule has 8 heteroatoms. The minimum absolute atomic E-state index is 0.000309. The number of H-pyrrole nitrogens is 1. The molecule has 0 amide bonds. The zero-order chi connectivity index (χ0) is 21.6. The standard InChI is InChI=1S/C23H26FN5O2/c1-2-19-13-22(30)28-23(27-19)17-6-7-21(25-14-17)26-15-20(29-8-10-31-11-9-29)16-4-3-5-18(24)12-16/h3-7,12-14,20H,2,8-11,15H2,1H3,(H,25,26)(H,27,28,30). The van der Waals surface area contributed by atoms with Crippen LogP contribution in [0.3, 0.4) is 0 Å². The molecule has 0 aliphatic carbocycles. The number of rotatable bonds is 7. The van der Waals surface area contributed by atoms with Gasteiger partial charge in [-0.1, -0.05) is 19.1 Å². The number of nitrogens with one attached hydrogen (secondary N) is 2. The van der Waals surface area contributed by atoms with E-state index in [1.165, 1.54) is 12.1 Å². The van der Waals surface area contributed by atoms with E-state index in [-0.39, 0.29) is 17.4 Å². The lowest BCUT2D eigenvalue weighted by molar-refractivity contribution is 0.0186. The molecule has 4 rings (SSSR count). The lowest BCUT2D eigenvalue weighted by Gasteiger charge is -2.35. The minimum Gasteiger partial charge on any atom is -0.379 e. The van der Waals surface area contributed by atoms with E-state index in [2.05, 4.69) is 25.2 Å². The summed E-state index contributed by atoms with van der Waals surface area (Å²) in [5.74, 6) is 0.968. The highest BCUT2D eigenvalue weighted by Crippen LogP contribution is 2.24. The van der Waals surface area contributed by atoms with Gasteiger partial charge in [-0.15, -0.1) is 0 Å². The van der Waals surface area contributed by atoms with E-state index in [4.69, 9.17) is 4.74 Å². The molecule has 1 aliphatic heterocycles. The Morgan fingerprint density at radius 2 is 2.06 bits per heavy atom. The van der Waals surface area contributed by atoms with E-state index in [0.29, 0.717) is 37.8 Å². The van der Waals surface area contributed by atoms with Gasteiger partial charge in [-0.2, -0.15) is 0 Å². The van der Waals surface area contributed by atoms with E-state index in [1.54, 1.807) is 18.3 Å². The topological polar surface area (TPSA) is 83.1 Å². The molecule has 31 heavy (non-hydrogen) atoms. The van der Waals surface area contributed by atoms with Crippen LogP contribution in [0.1, 0.15) is 24.2 Å². The van der Waals surface area contributed by atoms with Crippen molar-refractivity contribution in [3.8, 4) is 11.4 Å². The summed E-state index contributed by atoms with van der Waals surface area (Å²) in [6, 6.07) is 12.0. The molecule has 3 aromatic rings. The average Bonchev–Trinajstić information content (AvgIpc) is 2.80. The summed E-state index contributed by atoms with van der Waals surface area (Å²) in [5.41, 5.74) is 2.23. The third-order valence-corrected chi connectivity index (χ3v) is 5.39. The Kier molecular flexibility index (Phi) is 6.69. The Morgan fingerprint density at radius 1 is 1.23 bits per heavy atom. The van der Waals surface area contributed by atoms with Gasteiger partial charge in [0, 0.05) is 43.2 Å². The number of nitrogens with zero attached hydrogens (tertiary/aromatic N) is 3. The highest BCUT2D eigenvalue weighted by molar-refractivity contribution is 5.55.